The van der Waals surface area contributed by atoms with Gasteiger partial charge in [0.25, 0.3) is 5.91 Å². The monoisotopic (exact) mass is 279 g/mol. The van der Waals surface area contributed by atoms with Crippen LogP contribution < -0.4 is 10.7 Å². The zero-order valence-corrected chi connectivity index (χ0v) is 12.3. The molecule has 2 N–H and O–H groups in total. The lowest BCUT2D eigenvalue weighted by molar-refractivity contribution is -0.131. The third-order valence-corrected chi connectivity index (χ3v) is 2.82. The van der Waals surface area contributed by atoms with Gasteiger partial charge in [-0.05, 0) is 12.3 Å². The number of hydrogen-bond acceptors (Lipinski definition) is 3. The Balaban J connectivity index is 2.90. The highest BCUT2D eigenvalue weighted by atomic mass is 16.2. The van der Waals surface area contributed by atoms with Gasteiger partial charge in [-0.2, -0.15) is 0 Å². The average Bonchev–Trinajstić information content (AvgIpc) is 2.36. The molecule has 0 saturated carbocycles. The Morgan fingerprint density at radius 1 is 1.35 bits per heavy atom. The molecule has 1 rings (SSSR count). The van der Waals surface area contributed by atoms with Crippen LogP contribution in [0, 0.1) is 5.92 Å². The summed E-state index contributed by atoms with van der Waals surface area (Å²) in [6.07, 6.45) is 3.31. The number of aromatic amines is 1. The third-order valence-electron chi connectivity index (χ3n) is 2.82. The molecule has 1 aromatic heterocycles. The topological polar surface area (TPSA) is 82.3 Å². The lowest BCUT2D eigenvalue weighted by Gasteiger charge is -2.23. The standard InChI is InChI=1S/C14H21N3O3/c1-9(2)7-11(14(20)17(3)4)16-13(19)10-8-15-6-5-12(10)18/h5-6,8-9,11H,7H2,1-4H3,(H,15,18)(H,16,19). The van der Waals surface area contributed by atoms with Crippen LogP contribution in [0.2, 0.25) is 0 Å². The van der Waals surface area contributed by atoms with Crippen molar-refractivity contribution in [3.05, 3.63) is 34.2 Å². The molecule has 0 saturated heterocycles. The number of carbonyl (C=O) groups is 2. The molecule has 1 heterocycles. The van der Waals surface area contributed by atoms with Gasteiger partial charge in [-0.3, -0.25) is 14.4 Å². The van der Waals surface area contributed by atoms with Crippen LogP contribution in [0.3, 0.4) is 0 Å². The van der Waals surface area contributed by atoms with Crippen molar-refractivity contribution in [3.8, 4) is 0 Å². The molecule has 0 fully saturated rings. The van der Waals surface area contributed by atoms with E-state index in [1.54, 1.807) is 14.1 Å². The largest absolute Gasteiger partial charge is 0.367 e. The molecule has 0 bridgehead atoms. The van der Waals surface area contributed by atoms with Crippen LogP contribution in [0.1, 0.15) is 30.6 Å². The molecule has 0 radical (unpaired) electrons. The number of aromatic nitrogens is 1. The minimum absolute atomic E-state index is 0.00723. The number of hydrogen-bond donors (Lipinski definition) is 2. The van der Waals surface area contributed by atoms with E-state index in [9.17, 15) is 14.4 Å². The Kier molecular flexibility index (Phi) is 5.49. The number of nitrogens with zero attached hydrogens (tertiary/aromatic N) is 1. The molecule has 20 heavy (non-hydrogen) atoms. The van der Waals surface area contributed by atoms with Crippen molar-refractivity contribution in [3.63, 3.8) is 0 Å². The van der Waals surface area contributed by atoms with Crippen LogP contribution in [-0.2, 0) is 4.79 Å². The van der Waals surface area contributed by atoms with E-state index >= 15 is 0 Å². The van der Waals surface area contributed by atoms with Gasteiger partial charge in [0.05, 0.1) is 0 Å². The number of H-pyrrole nitrogens is 1. The zero-order chi connectivity index (χ0) is 15.3. The summed E-state index contributed by atoms with van der Waals surface area (Å²) in [5, 5.41) is 2.64. The molecule has 1 atom stereocenters. The van der Waals surface area contributed by atoms with Crippen LogP contribution in [-0.4, -0.2) is 41.8 Å². The molecule has 1 aromatic rings. The molecule has 0 aliphatic rings. The van der Waals surface area contributed by atoms with Gasteiger partial charge in [-0.1, -0.05) is 13.8 Å². The average molecular weight is 279 g/mol. The number of rotatable bonds is 5. The van der Waals surface area contributed by atoms with Crippen LogP contribution in [0.4, 0.5) is 0 Å². The number of nitrogens with one attached hydrogen (secondary N) is 2. The Bertz CT molecular complexity index is 534. The van der Waals surface area contributed by atoms with Crippen LogP contribution in [0.25, 0.3) is 0 Å². The van der Waals surface area contributed by atoms with Gasteiger partial charge < -0.3 is 15.2 Å². The molecule has 6 heteroatoms. The van der Waals surface area contributed by atoms with Crippen molar-refractivity contribution < 1.29 is 9.59 Å². The minimum atomic E-state index is -0.628. The maximum atomic E-state index is 12.1. The van der Waals surface area contributed by atoms with Gasteiger partial charge >= 0.3 is 0 Å². The van der Waals surface area contributed by atoms with Crippen molar-refractivity contribution in [2.24, 2.45) is 5.92 Å². The second kappa shape index (κ2) is 6.88. The van der Waals surface area contributed by atoms with E-state index < -0.39 is 11.9 Å². The molecule has 110 valence electrons. The summed E-state index contributed by atoms with van der Waals surface area (Å²) in [6, 6.07) is 0.650. The SMILES string of the molecule is CC(C)CC(NC(=O)c1c[nH]ccc1=O)C(=O)N(C)C. The zero-order valence-electron chi connectivity index (χ0n) is 12.3. The molecule has 1 unspecified atom stereocenters. The molecule has 0 aliphatic carbocycles. The second-order valence-electron chi connectivity index (χ2n) is 5.31. The van der Waals surface area contributed by atoms with Gasteiger partial charge in [0.15, 0.2) is 5.43 Å². The van der Waals surface area contributed by atoms with Crippen molar-refractivity contribution in [2.75, 3.05) is 14.1 Å². The highest BCUT2D eigenvalue weighted by Crippen LogP contribution is 2.07. The summed E-state index contributed by atoms with van der Waals surface area (Å²) >= 11 is 0. The second-order valence-corrected chi connectivity index (χ2v) is 5.31. The highest BCUT2D eigenvalue weighted by Gasteiger charge is 2.24. The van der Waals surface area contributed by atoms with Gasteiger partial charge in [0.2, 0.25) is 5.91 Å². The lowest BCUT2D eigenvalue weighted by atomic mass is 10.0. The van der Waals surface area contributed by atoms with Crippen molar-refractivity contribution >= 4 is 11.8 Å². The van der Waals surface area contributed by atoms with Crippen molar-refractivity contribution in [1.82, 2.24) is 15.2 Å². The Morgan fingerprint density at radius 2 is 2.00 bits per heavy atom. The molecular formula is C14H21N3O3. The first-order valence-electron chi connectivity index (χ1n) is 6.52. The smallest absolute Gasteiger partial charge is 0.257 e. The van der Waals surface area contributed by atoms with Crippen LogP contribution in [0.15, 0.2) is 23.3 Å². The van der Waals surface area contributed by atoms with Crippen molar-refractivity contribution in [1.29, 1.82) is 0 Å². The normalized spacial score (nSPS) is 12.1. The van der Waals surface area contributed by atoms with Crippen molar-refractivity contribution in [2.45, 2.75) is 26.3 Å². The van der Waals surface area contributed by atoms with Crippen LogP contribution in [0.5, 0.6) is 0 Å². The first-order valence-corrected chi connectivity index (χ1v) is 6.52. The van der Waals surface area contributed by atoms with E-state index in [2.05, 4.69) is 10.3 Å². The summed E-state index contributed by atoms with van der Waals surface area (Å²) in [7, 11) is 3.27. The van der Waals surface area contributed by atoms with E-state index in [4.69, 9.17) is 0 Å². The number of amides is 2. The number of pyridine rings is 1. The Hall–Kier alpha value is -2.11. The van der Waals surface area contributed by atoms with Gasteiger partial charge in [0, 0.05) is 32.6 Å². The molecule has 2 amide bonds. The fraction of sp³-hybridized carbons (Fsp3) is 0.500. The summed E-state index contributed by atoms with van der Waals surface area (Å²) in [5.74, 6) is -0.467. The maximum Gasteiger partial charge on any atom is 0.257 e. The number of carbonyl (C=O) groups excluding carboxylic acids is 2. The van der Waals surface area contributed by atoms with Crippen LogP contribution >= 0.6 is 0 Å². The van der Waals surface area contributed by atoms with E-state index in [0.717, 1.165) is 0 Å². The first-order chi connectivity index (χ1) is 9.32. The van der Waals surface area contributed by atoms with Gasteiger partial charge in [0.1, 0.15) is 11.6 Å². The fourth-order valence-corrected chi connectivity index (χ4v) is 1.83. The van der Waals surface area contributed by atoms with E-state index in [-0.39, 0.29) is 22.8 Å². The van der Waals surface area contributed by atoms with E-state index in [1.165, 1.54) is 23.4 Å². The molecule has 0 spiro atoms. The van der Waals surface area contributed by atoms with Gasteiger partial charge in [-0.25, -0.2) is 0 Å². The third kappa shape index (κ3) is 4.22. The lowest BCUT2D eigenvalue weighted by Crippen LogP contribution is -2.47. The molecule has 0 aromatic carbocycles. The fourth-order valence-electron chi connectivity index (χ4n) is 1.83. The molecule has 6 nitrogen and oxygen atoms in total. The molecule has 0 aliphatic heterocycles. The Morgan fingerprint density at radius 3 is 2.50 bits per heavy atom. The Labute approximate surface area is 118 Å². The predicted octanol–water partition coefficient (Wildman–Crippen LogP) is 0.608. The minimum Gasteiger partial charge on any atom is -0.367 e. The maximum absolute atomic E-state index is 12.1. The van der Waals surface area contributed by atoms with Gasteiger partial charge in [-0.15, -0.1) is 0 Å². The predicted molar refractivity (Wildman–Crippen MR) is 76.5 cm³/mol. The quantitative estimate of drug-likeness (QED) is 0.828. The summed E-state index contributed by atoms with van der Waals surface area (Å²) in [6.45, 7) is 3.94. The summed E-state index contributed by atoms with van der Waals surface area (Å²) < 4.78 is 0. The first kappa shape index (κ1) is 15.9. The molecular weight excluding hydrogens is 258 g/mol. The van der Waals surface area contributed by atoms with E-state index in [1.807, 2.05) is 13.8 Å². The number of likely N-dealkylation sites (N-methyl/N-ethyl adjacent to an activating group) is 1. The van der Waals surface area contributed by atoms with E-state index in [0.29, 0.717) is 6.42 Å². The summed E-state index contributed by atoms with van der Waals surface area (Å²) in [4.78, 5) is 39.9. The highest BCUT2D eigenvalue weighted by molar-refractivity contribution is 5.97. The summed E-state index contributed by atoms with van der Waals surface area (Å²) in [5.41, 5.74) is -0.366.